The number of nitrogens with zero attached hydrogens (tertiary/aromatic N) is 1. The molecule has 0 fully saturated rings. The van der Waals surface area contributed by atoms with Crippen molar-refractivity contribution in [2.45, 2.75) is 25.4 Å². The number of benzene rings is 1. The topological polar surface area (TPSA) is 46.6 Å². The van der Waals surface area contributed by atoms with E-state index in [2.05, 4.69) is 0 Å². The Bertz CT molecular complexity index is 489. The van der Waals surface area contributed by atoms with E-state index in [1.807, 2.05) is 24.3 Å². The van der Waals surface area contributed by atoms with Gasteiger partial charge in [0.25, 0.3) is 0 Å². The van der Waals surface area contributed by atoms with Crippen molar-refractivity contribution in [2.24, 2.45) is 0 Å². The van der Waals surface area contributed by atoms with Crippen LogP contribution in [0.25, 0.3) is 0 Å². The molecule has 1 unspecified atom stereocenters. The molecule has 0 saturated heterocycles. The van der Waals surface area contributed by atoms with Gasteiger partial charge in [0.15, 0.2) is 0 Å². The van der Waals surface area contributed by atoms with E-state index in [1.165, 1.54) is 7.11 Å². The summed E-state index contributed by atoms with van der Waals surface area (Å²) in [5, 5.41) is 0. The third-order valence-electron chi connectivity index (χ3n) is 3.35. The minimum atomic E-state index is -0.546. The van der Waals surface area contributed by atoms with E-state index in [4.69, 9.17) is 16.3 Å². The number of esters is 1. The fourth-order valence-corrected chi connectivity index (χ4v) is 2.52. The minimum Gasteiger partial charge on any atom is -0.467 e. The molecule has 0 saturated carbocycles. The van der Waals surface area contributed by atoms with Crippen LogP contribution in [0, 0.1) is 0 Å². The van der Waals surface area contributed by atoms with Crippen LogP contribution in [0.2, 0.25) is 0 Å². The van der Waals surface area contributed by atoms with Crippen LogP contribution in [0.5, 0.6) is 0 Å². The lowest BCUT2D eigenvalue weighted by Crippen LogP contribution is -2.49. The first kappa shape index (κ1) is 13.9. The maximum Gasteiger partial charge on any atom is 0.328 e. The van der Waals surface area contributed by atoms with Crippen molar-refractivity contribution in [3.8, 4) is 0 Å². The van der Waals surface area contributed by atoms with Gasteiger partial charge in [0, 0.05) is 25.3 Å². The number of carbonyl (C=O) groups excluding carboxylic acids is 2. The van der Waals surface area contributed by atoms with Crippen LogP contribution >= 0.6 is 11.6 Å². The Morgan fingerprint density at radius 2 is 2.05 bits per heavy atom. The van der Waals surface area contributed by atoms with Crippen LogP contribution in [-0.4, -0.2) is 35.8 Å². The molecule has 1 aliphatic rings. The second kappa shape index (κ2) is 6.06. The molecule has 0 bridgehead atoms. The number of halogens is 1. The summed E-state index contributed by atoms with van der Waals surface area (Å²) in [7, 11) is 1.34. The largest absolute Gasteiger partial charge is 0.467 e. The zero-order valence-electron chi connectivity index (χ0n) is 10.8. The Kier molecular flexibility index (Phi) is 4.43. The fourth-order valence-electron chi connectivity index (χ4n) is 2.36. The van der Waals surface area contributed by atoms with Gasteiger partial charge in [-0.1, -0.05) is 24.3 Å². The third-order valence-corrected chi connectivity index (χ3v) is 3.54. The van der Waals surface area contributed by atoms with Crippen molar-refractivity contribution in [1.82, 2.24) is 4.90 Å². The van der Waals surface area contributed by atoms with Crippen molar-refractivity contribution in [3.05, 3.63) is 35.4 Å². The Morgan fingerprint density at radius 1 is 1.37 bits per heavy atom. The Labute approximate surface area is 117 Å². The number of alkyl halides is 1. The highest BCUT2D eigenvalue weighted by Gasteiger charge is 2.34. The fraction of sp³-hybridized carbons (Fsp3) is 0.429. The van der Waals surface area contributed by atoms with Crippen LogP contribution in [0.4, 0.5) is 0 Å². The van der Waals surface area contributed by atoms with Crippen molar-refractivity contribution >= 4 is 23.5 Å². The molecular formula is C14H16ClNO3. The van der Waals surface area contributed by atoms with Gasteiger partial charge in [0.2, 0.25) is 5.91 Å². The molecule has 1 amide bonds. The van der Waals surface area contributed by atoms with E-state index in [0.717, 1.165) is 11.1 Å². The van der Waals surface area contributed by atoms with Crippen molar-refractivity contribution < 1.29 is 14.3 Å². The van der Waals surface area contributed by atoms with E-state index < -0.39 is 6.04 Å². The highest BCUT2D eigenvalue weighted by Crippen LogP contribution is 2.24. The molecule has 1 atom stereocenters. The minimum absolute atomic E-state index is 0.111. The number of hydrogen-bond acceptors (Lipinski definition) is 3. The summed E-state index contributed by atoms with van der Waals surface area (Å²) in [6, 6.07) is 7.28. The van der Waals surface area contributed by atoms with Crippen molar-refractivity contribution in [3.63, 3.8) is 0 Å². The standard InChI is InChI=1S/C14H16ClNO3/c1-19-14(18)12-8-10-4-2-3-5-11(10)9-16(12)13(17)6-7-15/h2-5,12H,6-9H2,1H3. The molecule has 19 heavy (non-hydrogen) atoms. The molecule has 1 aromatic rings. The van der Waals surface area contributed by atoms with E-state index in [9.17, 15) is 9.59 Å². The summed E-state index contributed by atoms with van der Waals surface area (Å²) >= 11 is 5.61. The van der Waals surface area contributed by atoms with Gasteiger partial charge in [-0.2, -0.15) is 0 Å². The van der Waals surface area contributed by atoms with Crippen molar-refractivity contribution in [1.29, 1.82) is 0 Å². The summed E-state index contributed by atoms with van der Waals surface area (Å²) in [5.41, 5.74) is 2.17. The summed E-state index contributed by atoms with van der Waals surface area (Å²) in [4.78, 5) is 25.5. The number of methoxy groups -OCH3 is 1. The predicted molar refractivity (Wildman–Crippen MR) is 71.8 cm³/mol. The molecule has 4 nitrogen and oxygen atoms in total. The SMILES string of the molecule is COC(=O)C1Cc2ccccc2CN1C(=O)CCCl. The summed E-state index contributed by atoms with van der Waals surface area (Å²) < 4.78 is 4.80. The average molecular weight is 282 g/mol. The highest BCUT2D eigenvalue weighted by atomic mass is 35.5. The molecule has 5 heteroatoms. The van der Waals surface area contributed by atoms with E-state index in [1.54, 1.807) is 4.90 Å². The summed E-state index contributed by atoms with van der Waals surface area (Å²) in [6.07, 6.45) is 0.730. The molecule has 2 rings (SSSR count). The summed E-state index contributed by atoms with van der Waals surface area (Å²) in [5.74, 6) is -0.234. The maximum absolute atomic E-state index is 12.1. The number of fused-ring (bicyclic) bond motifs is 1. The smallest absolute Gasteiger partial charge is 0.328 e. The van der Waals surface area contributed by atoms with Gasteiger partial charge in [0.1, 0.15) is 6.04 Å². The number of amides is 1. The molecule has 102 valence electrons. The van der Waals surface area contributed by atoms with Gasteiger partial charge in [-0.25, -0.2) is 4.79 Å². The van der Waals surface area contributed by atoms with E-state index in [-0.39, 0.29) is 24.2 Å². The molecule has 0 aromatic heterocycles. The normalized spacial score (nSPS) is 17.8. The Hall–Kier alpha value is -1.55. The zero-order chi connectivity index (χ0) is 13.8. The molecular weight excluding hydrogens is 266 g/mol. The summed E-state index contributed by atoms with van der Waals surface area (Å²) in [6.45, 7) is 0.436. The number of carbonyl (C=O) groups is 2. The molecule has 0 N–H and O–H groups in total. The lowest BCUT2D eigenvalue weighted by molar-refractivity contribution is -0.153. The molecule has 1 heterocycles. The Balaban J connectivity index is 2.29. The third kappa shape index (κ3) is 2.89. The van der Waals surface area contributed by atoms with Crippen LogP contribution in [0.3, 0.4) is 0 Å². The molecule has 0 aliphatic carbocycles. The van der Waals surface area contributed by atoms with Crippen molar-refractivity contribution in [2.75, 3.05) is 13.0 Å². The second-order valence-electron chi connectivity index (χ2n) is 4.47. The molecule has 0 spiro atoms. The molecule has 1 aliphatic heterocycles. The second-order valence-corrected chi connectivity index (χ2v) is 4.85. The first-order chi connectivity index (χ1) is 9.17. The van der Waals surface area contributed by atoms with Gasteiger partial charge in [-0.3, -0.25) is 4.79 Å². The van der Waals surface area contributed by atoms with Gasteiger partial charge in [0.05, 0.1) is 7.11 Å². The van der Waals surface area contributed by atoms with Crippen LogP contribution in [-0.2, 0) is 27.3 Å². The lowest BCUT2D eigenvalue weighted by Gasteiger charge is -2.35. The average Bonchev–Trinajstić information content (AvgIpc) is 2.45. The highest BCUT2D eigenvalue weighted by molar-refractivity contribution is 6.19. The van der Waals surface area contributed by atoms with Gasteiger partial charge in [-0.05, 0) is 11.1 Å². The zero-order valence-corrected chi connectivity index (χ0v) is 11.5. The van der Waals surface area contributed by atoms with E-state index >= 15 is 0 Å². The Morgan fingerprint density at radius 3 is 2.68 bits per heavy atom. The number of hydrogen-bond donors (Lipinski definition) is 0. The van der Waals surface area contributed by atoms with Gasteiger partial charge < -0.3 is 9.64 Å². The quantitative estimate of drug-likeness (QED) is 0.626. The molecule has 1 aromatic carbocycles. The number of rotatable bonds is 3. The van der Waals surface area contributed by atoms with Crippen LogP contribution in [0.15, 0.2) is 24.3 Å². The van der Waals surface area contributed by atoms with Gasteiger partial charge >= 0.3 is 5.97 Å². The number of ether oxygens (including phenoxy) is 1. The molecule has 0 radical (unpaired) electrons. The van der Waals surface area contributed by atoms with E-state index in [0.29, 0.717) is 13.0 Å². The first-order valence-corrected chi connectivity index (χ1v) is 6.71. The van der Waals surface area contributed by atoms with Crippen LogP contribution < -0.4 is 0 Å². The predicted octanol–water partition coefficient (Wildman–Crippen LogP) is 1.74. The van der Waals surface area contributed by atoms with Crippen LogP contribution in [0.1, 0.15) is 17.5 Å². The first-order valence-electron chi connectivity index (χ1n) is 6.17. The monoisotopic (exact) mass is 281 g/mol. The lowest BCUT2D eigenvalue weighted by atomic mass is 9.93. The maximum atomic E-state index is 12.1. The van der Waals surface area contributed by atoms with Gasteiger partial charge in [-0.15, -0.1) is 11.6 Å².